The Labute approximate surface area is 105 Å². The first-order chi connectivity index (χ1) is 8.36. The van der Waals surface area contributed by atoms with Gasteiger partial charge in [0.25, 0.3) is 0 Å². The summed E-state index contributed by atoms with van der Waals surface area (Å²) in [6.07, 6.45) is -2.65. The number of benzene rings is 1. The third kappa shape index (κ3) is 2.96. The lowest BCUT2D eigenvalue weighted by Crippen LogP contribution is -2.15. The van der Waals surface area contributed by atoms with E-state index < -0.39 is 11.7 Å². The Morgan fingerprint density at radius 3 is 2.67 bits per heavy atom. The van der Waals surface area contributed by atoms with Crippen LogP contribution in [0.2, 0.25) is 0 Å². The van der Waals surface area contributed by atoms with Crippen LogP contribution in [0.4, 0.5) is 18.9 Å². The fourth-order valence-electron chi connectivity index (χ4n) is 2.46. The van der Waals surface area contributed by atoms with Crippen LogP contribution < -0.4 is 5.73 Å². The Balaban J connectivity index is 2.16. The molecule has 0 aliphatic carbocycles. The van der Waals surface area contributed by atoms with Gasteiger partial charge in [0.2, 0.25) is 0 Å². The molecule has 1 atom stereocenters. The van der Waals surface area contributed by atoms with Gasteiger partial charge in [0, 0.05) is 12.2 Å². The second kappa shape index (κ2) is 4.80. The SMILES string of the molecule is CN1CCC(Cc2cc(C(F)(F)F)ccc2N)C1. The van der Waals surface area contributed by atoms with Gasteiger partial charge in [0.05, 0.1) is 5.56 Å². The zero-order valence-corrected chi connectivity index (χ0v) is 10.3. The number of nitrogen functional groups attached to an aromatic ring is 1. The van der Waals surface area contributed by atoms with Crippen molar-refractivity contribution in [1.29, 1.82) is 0 Å². The van der Waals surface area contributed by atoms with Gasteiger partial charge in [-0.15, -0.1) is 0 Å². The fraction of sp³-hybridized carbons (Fsp3) is 0.538. The first kappa shape index (κ1) is 13.2. The van der Waals surface area contributed by atoms with Crippen molar-refractivity contribution in [3.8, 4) is 0 Å². The van der Waals surface area contributed by atoms with E-state index in [1.54, 1.807) is 0 Å². The second-order valence-corrected chi connectivity index (χ2v) is 5.03. The molecule has 1 aromatic rings. The molecule has 100 valence electrons. The number of halogens is 3. The van der Waals surface area contributed by atoms with Crippen LogP contribution in [0.15, 0.2) is 18.2 Å². The van der Waals surface area contributed by atoms with Gasteiger partial charge < -0.3 is 10.6 Å². The van der Waals surface area contributed by atoms with Crippen molar-refractivity contribution < 1.29 is 13.2 Å². The maximum Gasteiger partial charge on any atom is 0.416 e. The number of hydrogen-bond donors (Lipinski definition) is 1. The van der Waals surface area contributed by atoms with Crippen molar-refractivity contribution in [3.05, 3.63) is 29.3 Å². The highest BCUT2D eigenvalue weighted by Gasteiger charge is 2.31. The minimum Gasteiger partial charge on any atom is -0.399 e. The molecule has 5 heteroatoms. The highest BCUT2D eigenvalue weighted by molar-refractivity contribution is 5.49. The second-order valence-electron chi connectivity index (χ2n) is 5.03. The molecule has 2 rings (SSSR count). The van der Waals surface area contributed by atoms with Crippen LogP contribution in [-0.2, 0) is 12.6 Å². The number of anilines is 1. The molecule has 0 saturated carbocycles. The molecule has 1 aromatic carbocycles. The van der Waals surface area contributed by atoms with Crippen molar-refractivity contribution in [3.63, 3.8) is 0 Å². The van der Waals surface area contributed by atoms with Gasteiger partial charge in [-0.05, 0) is 56.1 Å². The molecule has 1 unspecified atom stereocenters. The molecule has 0 radical (unpaired) electrons. The van der Waals surface area contributed by atoms with E-state index in [1.807, 2.05) is 7.05 Å². The molecule has 18 heavy (non-hydrogen) atoms. The summed E-state index contributed by atoms with van der Waals surface area (Å²) in [5.41, 5.74) is 6.22. The Morgan fingerprint density at radius 1 is 1.39 bits per heavy atom. The fourth-order valence-corrected chi connectivity index (χ4v) is 2.46. The maximum atomic E-state index is 12.6. The normalized spacial score (nSPS) is 21.4. The van der Waals surface area contributed by atoms with Crippen LogP contribution >= 0.6 is 0 Å². The average molecular weight is 258 g/mol. The summed E-state index contributed by atoms with van der Waals surface area (Å²) < 4.78 is 37.9. The summed E-state index contributed by atoms with van der Waals surface area (Å²) in [6.45, 7) is 1.93. The van der Waals surface area contributed by atoms with Crippen LogP contribution in [-0.4, -0.2) is 25.0 Å². The van der Waals surface area contributed by atoms with Crippen LogP contribution in [0, 0.1) is 5.92 Å². The van der Waals surface area contributed by atoms with Crippen molar-refractivity contribution in [1.82, 2.24) is 4.90 Å². The number of nitrogens with two attached hydrogens (primary N) is 1. The average Bonchev–Trinajstić information content (AvgIpc) is 2.66. The van der Waals surface area contributed by atoms with Crippen LogP contribution in [0.5, 0.6) is 0 Å². The van der Waals surface area contributed by atoms with Crippen molar-refractivity contribution in [2.24, 2.45) is 5.92 Å². The van der Waals surface area contributed by atoms with E-state index >= 15 is 0 Å². The van der Waals surface area contributed by atoms with Crippen molar-refractivity contribution >= 4 is 5.69 Å². The van der Waals surface area contributed by atoms with Crippen LogP contribution in [0.25, 0.3) is 0 Å². The maximum absolute atomic E-state index is 12.6. The Hall–Kier alpha value is -1.23. The number of hydrogen-bond acceptors (Lipinski definition) is 2. The van der Waals surface area contributed by atoms with Gasteiger partial charge in [-0.3, -0.25) is 0 Å². The molecule has 1 aliphatic heterocycles. The van der Waals surface area contributed by atoms with E-state index in [1.165, 1.54) is 12.1 Å². The van der Waals surface area contributed by atoms with Gasteiger partial charge in [0.1, 0.15) is 0 Å². The third-order valence-electron chi connectivity index (χ3n) is 3.47. The van der Waals surface area contributed by atoms with Crippen LogP contribution in [0.3, 0.4) is 0 Å². The zero-order valence-electron chi connectivity index (χ0n) is 10.3. The molecule has 0 bridgehead atoms. The van der Waals surface area contributed by atoms with Gasteiger partial charge in [-0.1, -0.05) is 0 Å². The molecule has 1 fully saturated rings. The first-order valence-corrected chi connectivity index (χ1v) is 6.00. The lowest BCUT2D eigenvalue weighted by Gasteiger charge is -2.14. The van der Waals surface area contributed by atoms with Crippen molar-refractivity contribution in [2.75, 3.05) is 25.9 Å². The summed E-state index contributed by atoms with van der Waals surface area (Å²) in [6, 6.07) is 3.59. The largest absolute Gasteiger partial charge is 0.416 e. The Morgan fingerprint density at radius 2 is 2.11 bits per heavy atom. The number of rotatable bonds is 2. The van der Waals surface area contributed by atoms with E-state index in [0.717, 1.165) is 25.6 Å². The number of likely N-dealkylation sites (tertiary alicyclic amines) is 1. The highest BCUT2D eigenvalue weighted by Crippen LogP contribution is 2.32. The summed E-state index contributed by atoms with van der Waals surface area (Å²) in [4.78, 5) is 2.19. The van der Waals surface area contributed by atoms with Gasteiger partial charge in [-0.2, -0.15) is 13.2 Å². The molecule has 0 spiro atoms. The van der Waals surface area contributed by atoms with Gasteiger partial charge >= 0.3 is 6.18 Å². The summed E-state index contributed by atoms with van der Waals surface area (Å²) >= 11 is 0. The number of alkyl halides is 3. The van der Waals surface area contributed by atoms with E-state index in [9.17, 15) is 13.2 Å². The molecule has 1 aliphatic rings. The smallest absolute Gasteiger partial charge is 0.399 e. The molecule has 1 saturated heterocycles. The van der Waals surface area contributed by atoms with E-state index in [2.05, 4.69) is 4.90 Å². The molecule has 0 amide bonds. The zero-order chi connectivity index (χ0) is 13.3. The first-order valence-electron chi connectivity index (χ1n) is 6.00. The summed E-state index contributed by atoms with van der Waals surface area (Å²) in [5, 5.41) is 0. The predicted molar refractivity (Wildman–Crippen MR) is 65.2 cm³/mol. The monoisotopic (exact) mass is 258 g/mol. The summed E-state index contributed by atoms with van der Waals surface area (Å²) in [7, 11) is 2.02. The van der Waals surface area contributed by atoms with Gasteiger partial charge in [0.15, 0.2) is 0 Å². The molecule has 2 nitrogen and oxygen atoms in total. The van der Waals surface area contributed by atoms with Gasteiger partial charge in [-0.25, -0.2) is 0 Å². The van der Waals surface area contributed by atoms with E-state index in [-0.39, 0.29) is 0 Å². The lowest BCUT2D eigenvalue weighted by atomic mass is 9.96. The topological polar surface area (TPSA) is 29.3 Å². The Bertz CT molecular complexity index is 429. The quantitative estimate of drug-likeness (QED) is 0.826. The standard InChI is InChI=1S/C13H17F3N2/c1-18-5-4-9(8-18)6-10-7-11(13(14,15)16)2-3-12(10)17/h2-3,7,9H,4-6,8,17H2,1H3. The molecular weight excluding hydrogens is 241 g/mol. The lowest BCUT2D eigenvalue weighted by molar-refractivity contribution is -0.137. The summed E-state index contributed by atoms with van der Waals surface area (Å²) in [5.74, 6) is 0.404. The third-order valence-corrected chi connectivity index (χ3v) is 3.47. The van der Waals surface area contributed by atoms with Crippen molar-refractivity contribution in [2.45, 2.75) is 19.0 Å². The van der Waals surface area contributed by atoms with E-state index in [4.69, 9.17) is 5.73 Å². The molecule has 2 N–H and O–H groups in total. The highest BCUT2D eigenvalue weighted by atomic mass is 19.4. The molecule has 1 heterocycles. The number of nitrogens with zero attached hydrogens (tertiary/aromatic N) is 1. The van der Waals surface area contributed by atoms with Crippen LogP contribution in [0.1, 0.15) is 17.5 Å². The molecular formula is C13H17F3N2. The minimum absolute atomic E-state index is 0.404. The van der Waals surface area contributed by atoms with E-state index in [0.29, 0.717) is 23.6 Å². The predicted octanol–water partition coefficient (Wildman–Crippen LogP) is 2.78. The molecule has 0 aromatic heterocycles. The minimum atomic E-state index is -4.30. The Kier molecular flexibility index (Phi) is 3.52.